The van der Waals surface area contributed by atoms with Crippen LogP contribution in [0.5, 0.6) is 5.75 Å². The van der Waals surface area contributed by atoms with Crippen LogP contribution in [0.2, 0.25) is 0 Å². The minimum Gasteiger partial charge on any atom is -0.497 e. The maximum absolute atomic E-state index is 13.2. The van der Waals surface area contributed by atoms with Gasteiger partial charge in [0.25, 0.3) is 5.91 Å². The van der Waals surface area contributed by atoms with Crippen LogP contribution in [-0.2, 0) is 6.42 Å². The Kier molecular flexibility index (Phi) is 4.12. The predicted molar refractivity (Wildman–Crippen MR) is 111 cm³/mol. The third-order valence-electron chi connectivity index (χ3n) is 5.75. The van der Waals surface area contributed by atoms with E-state index in [1.165, 1.54) is 10.9 Å². The van der Waals surface area contributed by atoms with E-state index in [4.69, 9.17) is 4.74 Å². The molecule has 29 heavy (non-hydrogen) atoms. The molecule has 1 amide bonds. The Bertz CT molecular complexity index is 1210. The minimum absolute atomic E-state index is 0.0305. The topological polar surface area (TPSA) is 74.0 Å². The van der Waals surface area contributed by atoms with Crippen molar-refractivity contribution in [3.63, 3.8) is 0 Å². The van der Waals surface area contributed by atoms with Gasteiger partial charge in [-0.3, -0.25) is 9.89 Å². The number of carbonyl (C=O) groups is 1. The highest BCUT2D eigenvalue weighted by molar-refractivity contribution is 5.98. The summed E-state index contributed by atoms with van der Waals surface area (Å²) in [5, 5.41) is 8.47. The molecule has 2 aromatic heterocycles. The molecule has 6 heteroatoms. The van der Waals surface area contributed by atoms with E-state index in [0.29, 0.717) is 12.2 Å². The zero-order valence-electron chi connectivity index (χ0n) is 16.4. The summed E-state index contributed by atoms with van der Waals surface area (Å²) in [6, 6.07) is 16.0. The molecule has 1 atom stereocenters. The van der Waals surface area contributed by atoms with Gasteiger partial charge in [0, 0.05) is 34.9 Å². The van der Waals surface area contributed by atoms with E-state index in [0.717, 1.165) is 34.5 Å². The predicted octanol–water partition coefficient (Wildman–Crippen LogP) is 4.00. The fourth-order valence-electron chi connectivity index (χ4n) is 4.31. The molecule has 2 N–H and O–H groups in total. The number of aryl methyl sites for hydroxylation is 1. The molecular formula is C23H22N4O2. The summed E-state index contributed by atoms with van der Waals surface area (Å²) in [5.74, 6) is 0.748. The van der Waals surface area contributed by atoms with Gasteiger partial charge < -0.3 is 14.6 Å². The molecule has 0 spiro atoms. The van der Waals surface area contributed by atoms with Crippen LogP contribution in [0, 0.1) is 6.92 Å². The first-order chi connectivity index (χ1) is 14.2. The molecule has 0 unspecified atom stereocenters. The quantitative estimate of drug-likeness (QED) is 0.545. The van der Waals surface area contributed by atoms with Crippen molar-refractivity contribution in [3.05, 3.63) is 82.8 Å². The second-order valence-electron chi connectivity index (χ2n) is 7.40. The summed E-state index contributed by atoms with van der Waals surface area (Å²) in [6.45, 7) is 2.58. The number of rotatable bonds is 5. The van der Waals surface area contributed by atoms with Crippen LogP contribution in [-0.4, -0.2) is 39.6 Å². The summed E-state index contributed by atoms with van der Waals surface area (Å²) in [6.07, 6.45) is 2.81. The molecule has 5 rings (SSSR count). The van der Waals surface area contributed by atoms with Crippen molar-refractivity contribution in [2.75, 3.05) is 13.7 Å². The third kappa shape index (κ3) is 2.79. The van der Waals surface area contributed by atoms with E-state index in [1.54, 1.807) is 7.11 Å². The number of methoxy groups -OCH3 is 1. The molecule has 6 nitrogen and oxygen atoms in total. The summed E-state index contributed by atoms with van der Waals surface area (Å²) in [4.78, 5) is 18.4. The van der Waals surface area contributed by atoms with Crippen molar-refractivity contribution < 1.29 is 9.53 Å². The second kappa shape index (κ2) is 6.81. The van der Waals surface area contributed by atoms with E-state index in [9.17, 15) is 4.79 Å². The van der Waals surface area contributed by atoms with Crippen LogP contribution < -0.4 is 4.74 Å². The van der Waals surface area contributed by atoms with Gasteiger partial charge in [-0.15, -0.1) is 0 Å². The summed E-state index contributed by atoms with van der Waals surface area (Å²) < 4.78 is 5.41. The lowest BCUT2D eigenvalue weighted by Gasteiger charge is -2.26. The summed E-state index contributed by atoms with van der Waals surface area (Å²) in [5.41, 5.74) is 5.76. The van der Waals surface area contributed by atoms with Gasteiger partial charge in [-0.1, -0.05) is 30.3 Å². The highest BCUT2D eigenvalue weighted by Crippen LogP contribution is 2.40. The van der Waals surface area contributed by atoms with E-state index in [-0.39, 0.29) is 11.9 Å². The van der Waals surface area contributed by atoms with Gasteiger partial charge in [-0.05, 0) is 42.7 Å². The van der Waals surface area contributed by atoms with E-state index >= 15 is 0 Å². The second-order valence-corrected chi connectivity index (χ2v) is 7.40. The molecule has 0 fully saturated rings. The Morgan fingerprint density at radius 1 is 1.17 bits per heavy atom. The number of ether oxygens (including phenoxy) is 1. The Morgan fingerprint density at radius 3 is 2.90 bits per heavy atom. The summed E-state index contributed by atoms with van der Waals surface area (Å²) in [7, 11) is 1.65. The van der Waals surface area contributed by atoms with Gasteiger partial charge in [-0.25, -0.2) is 0 Å². The Hall–Kier alpha value is -3.54. The number of para-hydroxylation sites is 1. The number of aromatic nitrogens is 3. The van der Waals surface area contributed by atoms with Crippen LogP contribution in [0.3, 0.4) is 0 Å². The standard InChI is InChI=1S/C23H22N4O2/c1-14-20-21(26-25-14)23(28)27(22(20)15-6-5-7-17(12-15)29-2)11-10-16-13-24-19-9-4-3-8-18(16)19/h3-9,12-13,22,24H,10-11H2,1-2H3,(H,25,26)/t22-/m1/s1. The Labute approximate surface area is 168 Å². The van der Waals surface area contributed by atoms with Gasteiger partial charge >= 0.3 is 0 Å². The molecule has 1 aliphatic heterocycles. The number of nitrogens with zero attached hydrogens (tertiary/aromatic N) is 2. The fraction of sp³-hybridized carbons (Fsp3) is 0.217. The molecule has 0 bridgehead atoms. The van der Waals surface area contributed by atoms with E-state index in [1.807, 2.05) is 54.4 Å². The average Bonchev–Trinajstić information content (AvgIpc) is 3.41. The zero-order chi connectivity index (χ0) is 20.0. The highest BCUT2D eigenvalue weighted by Gasteiger charge is 2.41. The number of nitrogens with one attached hydrogen (secondary N) is 2. The first kappa shape index (κ1) is 17.6. The van der Waals surface area contributed by atoms with Gasteiger partial charge in [0.2, 0.25) is 0 Å². The lowest BCUT2D eigenvalue weighted by molar-refractivity contribution is 0.0745. The Balaban J connectivity index is 1.51. The van der Waals surface area contributed by atoms with Crippen LogP contribution in [0.25, 0.3) is 10.9 Å². The SMILES string of the molecule is COc1cccc([C@@H]2c3c(n[nH]c3C)C(=O)N2CCc2c[nH]c3ccccc23)c1. The maximum atomic E-state index is 13.2. The van der Waals surface area contributed by atoms with Gasteiger partial charge in [0.15, 0.2) is 5.69 Å². The molecule has 1 aliphatic rings. The van der Waals surface area contributed by atoms with E-state index < -0.39 is 0 Å². The zero-order valence-corrected chi connectivity index (χ0v) is 16.4. The smallest absolute Gasteiger partial charge is 0.275 e. The molecule has 146 valence electrons. The number of hydrogen-bond acceptors (Lipinski definition) is 3. The van der Waals surface area contributed by atoms with Crippen molar-refractivity contribution in [1.29, 1.82) is 0 Å². The van der Waals surface area contributed by atoms with Gasteiger partial charge in [0.1, 0.15) is 5.75 Å². The van der Waals surface area contributed by atoms with Crippen LogP contribution in [0.1, 0.15) is 38.9 Å². The fourth-order valence-corrected chi connectivity index (χ4v) is 4.31. The lowest BCUT2D eigenvalue weighted by atomic mass is 9.98. The maximum Gasteiger partial charge on any atom is 0.275 e. The first-order valence-corrected chi connectivity index (χ1v) is 9.72. The number of carbonyl (C=O) groups excluding carboxylic acids is 1. The Morgan fingerprint density at radius 2 is 2.03 bits per heavy atom. The number of fused-ring (bicyclic) bond motifs is 2. The largest absolute Gasteiger partial charge is 0.497 e. The van der Waals surface area contributed by atoms with Crippen molar-refractivity contribution in [1.82, 2.24) is 20.1 Å². The number of H-pyrrole nitrogens is 2. The van der Waals surface area contributed by atoms with Crippen molar-refractivity contribution in [2.24, 2.45) is 0 Å². The molecule has 0 saturated heterocycles. The average molecular weight is 386 g/mol. The lowest BCUT2D eigenvalue weighted by Crippen LogP contribution is -2.31. The number of aromatic amines is 2. The normalized spacial score (nSPS) is 15.9. The van der Waals surface area contributed by atoms with Crippen LogP contribution in [0.15, 0.2) is 54.7 Å². The van der Waals surface area contributed by atoms with Crippen molar-refractivity contribution in [3.8, 4) is 5.75 Å². The van der Waals surface area contributed by atoms with Gasteiger partial charge in [-0.2, -0.15) is 5.10 Å². The monoisotopic (exact) mass is 386 g/mol. The molecule has 0 radical (unpaired) electrons. The van der Waals surface area contributed by atoms with Crippen LogP contribution >= 0.6 is 0 Å². The molecule has 4 aromatic rings. The van der Waals surface area contributed by atoms with Crippen LogP contribution in [0.4, 0.5) is 0 Å². The molecule has 2 aromatic carbocycles. The molecule has 3 heterocycles. The van der Waals surface area contributed by atoms with Crippen molar-refractivity contribution in [2.45, 2.75) is 19.4 Å². The van der Waals surface area contributed by atoms with E-state index in [2.05, 4.69) is 27.3 Å². The molecular weight excluding hydrogens is 364 g/mol. The number of hydrogen-bond donors (Lipinski definition) is 2. The summed E-state index contributed by atoms with van der Waals surface area (Å²) >= 11 is 0. The molecule has 0 aliphatic carbocycles. The number of benzene rings is 2. The minimum atomic E-state index is -0.170. The number of amides is 1. The molecule has 0 saturated carbocycles. The van der Waals surface area contributed by atoms with Crippen molar-refractivity contribution >= 4 is 16.8 Å². The third-order valence-corrected chi connectivity index (χ3v) is 5.75. The first-order valence-electron chi connectivity index (χ1n) is 9.72. The van der Waals surface area contributed by atoms with Gasteiger partial charge in [0.05, 0.1) is 13.2 Å². The highest BCUT2D eigenvalue weighted by atomic mass is 16.5.